The Hall–Kier alpha value is -1.88. The molecule has 88 valence electrons. The first-order chi connectivity index (χ1) is 8.13. The molecule has 1 N–H and O–H groups in total. The first-order valence-corrected chi connectivity index (χ1v) is 5.50. The summed E-state index contributed by atoms with van der Waals surface area (Å²) in [5, 5.41) is 2.45. The molecule has 0 atom stereocenters. The van der Waals surface area contributed by atoms with Gasteiger partial charge >= 0.3 is 0 Å². The molecule has 2 aromatic heterocycles. The molecule has 0 saturated carbocycles. The van der Waals surface area contributed by atoms with E-state index in [0.717, 1.165) is 0 Å². The molecule has 2 rings (SSSR count). The summed E-state index contributed by atoms with van der Waals surface area (Å²) >= 11 is 5.38. The van der Waals surface area contributed by atoms with E-state index in [-0.39, 0.29) is 17.1 Å². The second kappa shape index (κ2) is 4.55. The van der Waals surface area contributed by atoms with E-state index in [1.165, 1.54) is 4.40 Å². The van der Waals surface area contributed by atoms with Gasteiger partial charge in [0.05, 0.1) is 5.69 Å². The Morgan fingerprint density at radius 2 is 2.29 bits per heavy atom. The van der Waals surface area contributed by atoms with Gasteiger partial charge in [0.2, 0.25) is 5.91 Å². The highest BCUT2D eigenvalue weighted by Gasteiger charge is 2.11. The molecule has 0 spiro atoms. The third-order valence-electron chi connectivity index (χ3n) is 2.30. The number of rotatable bonds is 2. The second-order valence-corrected chi connectivity index (χ2v) is 3.76. The number of amides is 1. The van der Waals surface area contributed by atoms with Crippen molar-refractivity contribution < 1.29 is 4.79 Å². The molecule has 0 aliphatic carbocycles. The number of nitrogens with one attached hydrogen (secondary N) is 1. The van der Waals surface area contributed by atoms with Crippen LogP contribution in [-0.4, -0.2) is 21.2 Å². The molecule has 0 saturated heterocycles. The molecule has 0 aliphatic heterocycles. The maximum Gasteiger partial charge on any atom is 0.281 e. The van der Waals surface area contributed by atoms with Gasteiger partial charge in [-0.25, -0.2) is 4.98 Å². The van der Waals surface area contributed by atoms with Crippen molar-refractivity contribution in [1.82, 2.24) is 9.38 Å². The molecule has 5 nitrogen and oxygen atoms in total. The van der Waals surface area contributed by atoms with Crippen LogP contribution in [0.3, 0.4) is 0 Å². The van der Waals surface area contributed by atoms with E-state index >= 15 is 0 Å². The highest BCUT2D eigenvalue weighted by Crippen LogP contribution is 2.08. The summed E-state index contributed by atoms with van der Waals surface area (Å²) in [6, 6.07) is 5.23. The van der Waals surface area contributed by atoms with Crippen LogP contribution in [0.4, 0.5) is 5.69 Å². The van der Waals surface area contributed by atoms with Crippen LogP contribution >= 0.6 is 11.6 Å². The number of halogens is 1. The average molecular weight is 252 g/mol. The first-order valence-electron chi connectivity index (χ1n) is 4.97. The summed E-state index contributed by atoms with van der Waals surface area (Å²) in [6.07, 6.45) is 1.60. The molecule has 0 aromatic carbocycles. The molecule has 1 amide bonds. The van der Waals surface area contributed by atoms with Gasteiger partial charge in [-0.3, -0.25) is 14.0 Å². The number of anilines is 1. The van der Waals surface area contributed by atoms with Crippen molar-refractivity contribution >= 4 is 28.8 Å². The van der Waals surface area contributed by atoms with Gasteiger partial charge < -0.3 is 5.32 Å². The number of carbonyl (C=O) groups excluding carboxylic acids is 1. The van der Waals surface area contributed by atoms with E-state index in [0.29, 0.717) is 11.3 Å². The lowest BCUT2D eigenvalue weighted by Gasteiger charge is -2.07. The van der Waals surface area contributed by atoms with E-state index in [1.807, 2.05) is 0 Å². The Labute approximate surface area is 102 Å². The van der Waals surface area contributed by atoms with Crippen LogP contribution in [0.5, 0.6) is 0 Å². The summed E-state index contributed by atoms with van der Waals surface area (Å²) in [7, 11) is 0. The van der Waals surface area contributed by atoms with Crippen molar-refractivity contribution in [3.05, 3.63) is 40.4 Å². The second-order valence-electron chi connectivity index (χ2n) is 3.49. The predicted molar refractivity (Wildman–Crippen MR) is 65.5 cm³/mol. The zero-order valence-corrected chi connectivity index (χ0v) is 9.86. The smallest absolute Gasteiger partial charge is 0.281 e. The number of carbonyl (C=O) groups is 1. The van der Waals surface area contributed by atoms with Gasteiger partial charge in [0.25, 0.3) is 5.56 Å². The Bertz CT molecular complexity index is 636. The molecule has 0 radical (unpaired) electrons. The Morgan fingerprint density at radius 3 is 3.00 bits per heavy atom. The monoisotopic (exact) mass is 251 g/mol. The largest absolute Gasteiger partial charge is 0.319 e. The summed E-state index contributed by atoms with van der Waals surface area (Å²) in [5.74, 6) is -0.624. The minimum absolute atomic E-state index is 0.166. The zero-order valence-electron chi connectivity index (χ0n) is 9.11. The lowest BCUT2D eigenvalue weighted by atomic mass is 10.3. The summed E-state index contributed by atoms with van der Waals surface area (Å²) in [6.45, 7) is 1.66. The van der Waals surface area contributed by atoms with Crippen molar-refractivity contribution in [3.8, 4) is 0 Å². The van der Waals surface area contributed by atoms with Gasteiger partial charge in [-0.1, -0.05) is 6.07 Å². The minimum Gasteiger partial charge on any atom is -0.319 e. The lowest BCUT2D eigenvalue weighted by molar-refractivity contribution is -0.113. The molecule has 0 fully saturated rings. The number of fused-ring (bicyclic) bond motifs is 1. The van der Waals surface area contributed by atoms with Gasteiger partial charge in [-0.15, -0.1) is 11.6 Å². The van der Waals surface area contributed by atoms with E-state index in [2.05, 4.69) is 10.3 Å². The van der Waals surface area contributed by atoms with Crippen LogP contribution < -0.4 is 10.9 Å². The van der Waals surface area contributed by atoms with Crippen molar-refractivity contribution in [2.45, 2.75) is 6.92 Å². The molecular weight excluding hydrogens is 242 g/mol. The summed E-state index contributed by atoms with van der Waals surface area (Å²) in [4.78, 5) is 27.5. The number of hydrogen-bond acceptors (Lipinski definition) is 3. The van der Waals surface area contributed by atoms with Crippen LogP contribution in [0.2, 0.25) is 0 Å². The number of alkyl halides is 1. The SMILES string of the molecule is Cc1nc2ccccn2c(=O)c1NC(=O)CCl. The fraction of sp³-hybridized carbons (Fsp3) is 0.182. The van der Waals surface area contributed by atoms with Gasteiger partial charge in [-0.2, -0.15) is 0 Å². The molecule has 6 heteroatoms. The van der Waals surface area contributed by atoms with Crippen LogP contribution in [0.25, 0.3) is 5.65 Å². The van der Waals surface area contributed by atoms with Crippen LogP contribution in [-0.2, 0) is 4.79 Å². The molecule has 2 aromatic rings. The van der Waals surface area contributed by atoms with Crippen molar-refractivity contribution in [2.24, 2.45) is 0 Å². The van der Waals surface area contributed by atoms with Crippen molar-refractivity contribution in [2.75, 3.05) is 11.2 Å². The lowest BCUT2D eigenvalue weighted by Crippen LogP contribution is -2.25. The topological polar surface area (TPSA) is 63.5 Å². The maximum absolute atomic E-state index is 12.1. The molecule has 2 heterocycles. The summed E-state index contributed by atoms with van der Waals surface area (Å²) < 4.78 is 1.37. The fourth-order valence-corrected chi connectivity index (χ4v) is 1.58. The average Bonchev–Trinajstić information content (AvgIpc) is 2.34. The standard InChI is InChI=1S/C11H10ClN3O2/c1-7-10(14-9(16)6-12)11(17)15-5-3-2-4-8(15)13-7/h2-5H,6H2,1H3,(H,14,16). The molecule has 0 aliphatic rings. The van der Waals surface area contributed by atoms with Crippen LogP contribution in [0.1, 0.15) is 5.69 Å². The zero-order chi connectivity index (χ0) is 12.4. The normalized spacial score (nSPS) is 10.5. The number of pyridine rings is 1. The highest BCUT2D eigenvalue weighted by molar-refractivity contribution is 6.29. The number of aryl methyl sites for hydroxylation is 1. The maximum atomic E-state index is 12.1. The number of nitrogens with zero attached hydrogens (tertiary/aromatic N) is 2. The molecule has 17 heavy (non-hydrogen) atoms. The Balaban J connectivity index is 2.64. The molecular formula is C11H10ClN3O2. The first kappa shape index (κ1) is 11.6. The third-order valence-corrected chi connectivity index (χ3v) is 2.54. The van der Waals surface area contributed by atoms with E-state index in [9.17, 15) is 9.59 Å². The van der Waals surface area contributed by atoms with Crippen molar-refractivity contribution in [3.63, 3.8) is 0 Å². The molecule has 0 bridgehead atoms. The highest BCUT2D eigenvalue weighted by atomic mass is 35.5. The van der Waals surface area contributed by atoms with Crippen molar-refractivity contribution in [1.29, 1.82) is 0 Å². The Kier molecular flexibility index (Phi) is 3.10. The van der Waals surface area contributed by atoms with E-state index < -0.39 is 5.91 Å². The van der Waals surface area contributed by atoms with Gasteiger partial charge in [0.1, 0.15) is 17.2 Å². The van der Waals surface area contributed by atoms with E-state index in [1.54, 1.807) is 31.3 Å². The van der Waals surface area contributed by atoms with E-state index in [4.69, 9.17) is 11.6 Å². The molecule has 0 unspecified atom stereocenters. The van der Waals surface area contributed by atoms with Gasteiger partial charge in [0, 0.05) is 6.20 Å². The summed E-state index contributed by atoms with van der Waals surface area (Å²) in [5.41, 5.74) is 0.865. The quantitative estimate of drug-likeness (QED) is 0.816. The fourth-order valence-electron chi connectivity index (χ4n) is 1.52. The number of hydrogen-bond donors (Lipinski definition) is 1. The van der Waals surface area contributed by atoms with Gasteiger partial charge in [-0.05, 0) is 19.1 Å². The van der Waals surface area contributed by atoms with Crippen LogP contribution in [0.15, 0.2) is 29.2 Å². The predicted octanol–water partition coefficient (Wildman–Crippen LogP) is 1.18. The Morgan fingerprint density at radius 1 is 1.53 bits per heavy atom. The minimum atomic E-state index is -0.426. The van der Waals surface area contributed by atoms with Crippen LogP contribution in [0, 0.1) is 6.92 Å². The third kappa shape index (κ3) is 2.14. The van der Waals surface area contributed by atoms with Gasteiger partial charge in [0.15, 0.2) is 0 Å². The number of aromatic nitrogens is 2.